The molecule has 0 aliphatic heterocycles. The van der Waals surface area contributed by atoms with Gasteiger partial charge in [-0.3, -0.25) is 4.79 Å². The predicted octanol–water partition coefficient (Wildman–Crippen LogP) is 2.58. The number of amides is 1. The van der Waals surface area contributed by atoms with Gasteiger partial charge in [0.1, 0.15) is 0 Å². The lowest BCUT2D eigenvalue weighted by atomic mass is 10.2. The standard InChI is InChI=1S/C7H15NO.C2H6.H2/c1-3-4-5-6-8-7(2)9;1-2;/h3-6H2,1-2H3,(H,8,9);1-2H3;1H. The normalized spacial score (nSPS) is 8.00. The molecule has 2 nitrogen and oxygen atoms in total. The Hall–Kier alpha value is -0.530. The van der Waals surface area contributed by atoms with Gasteiger partial charge in [0.2, 0.25) is 5.91 Å². The van der Waals surface area contributed by atoms with Crippen LogP contribution in [0.2, 0.25) is 0 Å². The molecule has 0 radical (unpaired) electrons. The molecule has 11 heavy (non-hydrogen) atoms. The van der Waals surface area contributed by atoms with E-state index in [4.69, 9.17) is 0 Å². The van der Waals surface area contributed by atoms with Gasteiger partial charge in [-0.05, 0) is 6.42 Å². The molecular formula is C9H23NO. The molecule has 0 bridgehead atoms. The molecule has 0 unspecified atom stereocenters. The largest absolute Gasteiger partial charge is 0.356 e. The third-order valence-corrected chi connectivity index (χ3v) is 1.15. The number of carbonyl (C=O) groups excluding carboxylic acids is 1. The van der Waals surface area contributed by atoms with Crippen LogP contribution in [-0.2, 0) is 4.79 Å². The van der Waals surface area contributed by atoms with E-state index >= 15 is 0 Å². The summed E-state index contributed by atoms with van der Waals surface area (Å²) in [7, 11) is 0. The van der Waals surface area contributed by atoms with Crippen LogP contribution in [0.25, 0.3) is 0 Å². The second kappa shape index (κ2) is 12.2. The molecule has 0 aliphatic rings. The third-order valence-electron chi connectivity index (χ3n) is 1.15. The smallest absolute Gasteiger partial charge is 0.216 e. The summed E-state index contributed by atoms with van der Waals surface area (Å²) in [6.45, 7) is 8.53. The molecule has 0 fully saturated rings. The number of nitrogens with one attached hydrogen (secondary N) is 1. The van der Waals surface area contributed by atoms with Crippen molar-refractivity contribution in [3.05, 3.63) is 0 Å². The molecule has 0 aromatic carbocycles. The zero-order chi connectivity index (χ0) is 9.11. The van der Waals surface area contributed by atoms with Crippen molar-refractivity contribution in [2.24, 2.45) is 0 Å². The molecule has 1 N–H and O–H groups in total. The first-order chi connectivity index (χ1) is 5.27. The fourth-order valence-electron chi connectivity index (χ4n) is 0.639. The maximum Gasteiger partial charge on any atom is 0.216 e. The number of hydrogen-bond acceptors (Lipinski definition) is 1. The van der Waals surface area contributed by atoms with Gasteiger partial charge >= 0.3 is 0 Å². The van der Waals surface area contributed by atoms with Gasteiger partial charge in [-0.2, -0.15) is 0 Å². The lowest BCUT2D eigenvalue weighted by molar-refractivity contribution is -0.118. The van der Waals surface area contributed by atoms with E-state index in [2.05, 4.69) is 12.2 Å². The van der Waals surface area contributed by atoms with Crippen LogP contribution in [0.5, 0.6) is 0 Å². The van der Waals surface area contributed by atoms with Crippen molar-refractivity contribution in [2.45, 2.75) is 47.0 Å². The maximum atomic E-state index is 10.3. The fourth-order valence-corrected chi connectivity index (χ4v) is 0.639. The van der Waals surface area contributed by atoms with E-state index in [1.807, 2.05) is 13.8 Å². The zero-order valence-corrected chi connectivity index (χ0v) is 8.24. The highest BCUT2D eigenvalue weighted by Gasteiger charge is 1.87. The summed E-state index contributed by atoms with van der Waals surface area (Å²) in [5.74, 6) is 0.0751. The molecule has 0 aromatic rings. The molecule has 0 saturated heterocycles. The number of carbonyl (C=O) groups is 1. The van der Waals surface area contributed by atoms with Crippen LogP contribution in [0.3, 0.4) is 0 Å². The second-order valence-electron chi connectivity index (χ2n) is 2.19. The summed E-state index contributed by atoms with van der Waals surface area (Å²) in [5, 5.41) is 2.74. The van der Waals surface area contributed by atoms with Crippen molar-refractivity contribution < 1.29 is 6.22 Å². The highest BCUT2D eigenvalue weighted by Crippen LogP contribution is 1.90. The average molecular weight is 161 g/mol. The first-order valence-electron chi connectivity index (χ1n) is 4.51. The molecule has 0 saturated carbocycles. The van der Waals surface area contributed by atoms with Crippen LogP contribution < -0.4 is 5.32 Å². The number of rotatable bonds is 4. The van der Waals surface area contributed by atoms with E-state index in [0.29, 0.717) is 0 Å². The molecule has 1 amide bonds. The van der Waals surface area contributed by atoms with Crippen molar-refractivity contribution in [1.29, 1.82) is 0 Å². The lowest BCUT2D eigenvalue weighted by Crippen LogP contribution is -2.20. The maximum absolute atomic E-state index is 10.3. The summed E-state index contributed by atoms with van der Waals surface area (Å²) in [5.41, 5.74) is 0. The van der Waals surface area contributed by atoms with Gasteiger partial charge in [-0.25, -0.2) is 0 Å². The predicted molar refractivity (Wildman–Crippen MR) is 51.7 cm³/mol. The minimum absolute atomic E-state index is 0. The number of hydrogen-bond donors (Lipinski definition) is 1. The monoisotopic (exact) mass is 161 g/mol. The third kappa shape index (κ3) is 17.7. The van der Waals surface area contributed by atoms with Crippen LogP contribution >= 0.6 is 0 Å². The van der Waals surface area contributed by atoms with Gasteiger partial charge in [-0.1, -0.05) is 33.6 Å². The Morgan fingerprint density at radius 2 is 1.91 bits per heavy atom. The zero-order valence-electron chi connectivity index (χ0n) is 8.24. The van der Waals surface area contributed by atoms with Gasteiger partial charge in [0.25, 0.3) is 0 Å². The molecule has 0 aliphatic carbocycles. The Balaban J connectivity index is -0.000000249. The Morgan fingerprint density at radius 1 is 1.36 bits per heavy atom. The molecule has 70 valence electrons. The first kappa shape index (κ1) is 13.1. The molecule has 0 aromatic heterocycles. The van der Waals surface area contributed by atoms with Crippen LogP contribution in [0.15, 0.2) is 0 Å². The Bertz CT molecular complexity index is 86.6. The molecule has 0 rings (SSSR count). The lowest BCUT2D eigenvalue weighted by Gasteiger charge is -1.98. The second-order valence-corrected chi connectivity index (χ2v) is 2.19. The van der Waals surface area contributed by atoms with Gasteiger partial charge < -0.3 is 5.32 Å². The molecular weight excluding hydrogens is 138 g/mol. The minimum Gasteiger partial charge on any atom is -0.356 e. The van der Waals surface area contributed by atoms with E-state index in [-0.39, 0.29) is 7.33 Å². The highest BCUT2D eigenvalue weighted by molar-refractivity contribution is 5.72. The number of unbranched alkanes of at least 4 members (excludes halogenated alkanes) is 2. The van der Waals surface area contributed by atoms with Crippen LogP contribution in [-0.4, -0.2) is 12.5 Å². The SMILES string of the molecule is CC.CCCCCNC(C)=O.[HH]. The van der Waals surface area contributed by atoms with E-state index in [1.54, 1.807) is 6.92 Å². The van der Waals surface area contributed by atoms with Crippen molar-refractivity contribution in [3.63, 3.8) is 0 Å². The molecule has 2 heteroatoms. The topological polar surface area (TPSA) is 29.1 Å². The van der Waals surface area contributed by atoms with Crippen molar-refractivity contribution in [1.82, 2.24) is 5.32 Å². The Morgan fingerprint density at radius 3 is 2.27 bits per heavy atom. The van der Waals surface area contributed by atoms with Gasteiger partial charge in [-0.15, -0.1) is 0 Å². The van der Waals surface area contributed by atoms with Crippen molar-refractivity contribution in [3.8, 4) is 0 Å². The van der Waals surface area contributed by atoms with E-state index in [1.165, 1.54) is 12.8 Å². The van der Waals surface area contributed by atoms with E-state index in [0.717, 1.165) is 13.0 Å². The van der Waals surface area contributed by atoms with Crippen LogP contribution in [0, 0.1) is 0 Å². The summed E-state index contributed by atoms with van der Waals surface area (Å²) < 4.78 is 0. The summed E-state index contributed by atoms with van der Waals surface area (Å²) in [6, 6.07) is 0. The van der Waals surface area contributed by atoms with Gasteiger partial charge in [0, 0.05) is 14.9 Å². The van der Waals surface area contributed by atoms with Gasteiger partial charge in [0.05, 0.1) is 0 Å². The molecule has 0 heterocycles. The summed E-state index contributed by atoms with van der Waals surface area (Å²) in [4.78, 5) is 10.3. The van der Waals surface area contributed by atoms with Crippen LogP contribution in [0.4, 0.5) is 0 Å². The highest BCUT2D eigenvalue weighted by atomic mass is 16.1. The van der Waals surface area contributed by atoms with Crippen molar-refractivity contribution in [2.75, 3.05) is 6.54 Å². The summed E-state index contributed by atoms with van der Waals surface area (Å²) >= 11 is 0. The van der Waals surface area contributed by atoms with E-state index < -0.39 is 0 Å². The molecule has 0 atom stereocenters. The van der Waals surface area contributed by atoms with Crippen LogP contribution in [0.1, 0.15) is 48.4 Å². The summed E-state index contributed by atoms with van der Waals surface area (Å²) in [6.07, 6.45) is 3.52. The Kier molecular flexibility index (Phi) is 14.5. The Labute approximate surface area is 71.9 Å². The minimum atomic E-state index is 0. The first-order valence-corrected chi connectivity index (χ1v) is 4.51. The molecule has 0 spiro atoms. The average Bonchev–Trinajstić information content (AvgIpc) is 2.02. The quantitative estimate of drug-likeness (QED) is 0.631. The fraction of sp³-hybridized carbons (Fsp3) is 0.889. The van der Waals surface area contributed by atoms with Crippen molar-refractivity contribution >= 4 is 5.91 Å². The van der Waals surface area contributed by atoms with Gasteiger partial charge in [0.15, 0.2) is 0 Å². The van der Waals surface area contributed by atoms with E-state index in [9.17, 15) is 4.79 Å².